The molecule has 126 valence electrons. The molecule has 1 aliphatic rings. The smallest absolute Gasteiger partial charge is 0.338 e. The van der Waals surface area contributed by atoms with E-state index in [1.165, 1.54) is 0 Å². The van der Waals surface area contributed by atoms with Crippen LogP contribution in [0.25, 0.3) is 0 Å². The van der Waals surface area contributed by atoms with E-state index < -0.39 is 0 Å². The van der Waals surface area contributed by atoms with Gasteiger partial charge in [-0.1, -0.05) is 0 Å². The molecule has 0 spiro atoms. The lowest BCUT2D eigenvalue weighted by Crippen LogP contribution is -2.55. The van der Waals surface area contributed by atoms with Crippen molar-refractivity contribution in [3.8, 4) is 0 Å². The predicted octanol–water partition coefficient (Wildman–Crippen LogP) is 2.57. The van der Waals surface area contributed by atoms with Gasteiger partial charge in [0.2, 0.25) is 0 Å². The number of nitrogens with one attached hydrogen (secondary N) is 1. The van der Waals surface area contributed by atoms with Crippen LogP contribution in [0.15, 0.2) is 47.1 Å². The maximum Gasteiger partial charge on any atom is 0.338 e. The van der Waals surface area contributed by atoms with Crippen LogP contribution < -0.4 is 10.2 Å². The second-order valence-corrected chi connectivity index (χ2v) is 5.77. The van der Waals surface area contributed by atoms with Gasteiger partial charge in [-0.05, 0) is 55.5 Å². The average Bonchev–Trinajstić information content (AvgIpc) is 3.10. The van der Waals surface area contributed by atoms with Crippen LogP contribution in [0.2, 0.25) is 0 Å². The summed E-state index contributed by atoms with van der Waals surface area (Å²) in [5.41, 5.74) is 1.45. The van der Waals surface area contributed by atoms with E-state index in [1.807, 2.05) is 29.2 Å². The Bertz CT molecular complexity index is 700. The zero-order valence-electron chi connectivity index (χ0n) is 13.4. The minimum absolute atomic E-state index is 0.317. The molecule has 0 radical (unpaired) electrons. The van der Waals surface area contributed by atoms with Gasteiger partial charge in [-0.3, -0.25) is 4.90 Å². The van der Waals surface area contributed by atoms with Crippen LogP contribution in [-0.4, -0.2) is 35.9 Å². The Hall–Kier alpha value is -2.38. The Kier molecular flexibility index (Phi) is 5.12. The van der Waals surface area contributed by atoms with Crippen LogP contribution in [0.5, 0.6) is 0 Å². The molecule has 0 aliphatic carbocycles. The van der Waals surface area contributed by atoms with Crippen LogP contribution in [0.3, 0.4) is 0 Å². The van der Waals surface area contributed by atoms with Gasteiger partial charge in [0.15, 0.2) is 5.11 Å². The zero-order valence-corrected chi connectivity index (χ0v) is 14.2. The van der Waals surface area contributed by atoms with Crippen LogP contribution in [-0.2, 0) is 11.3 Å². The number of esters is 1. The maximum atomic E-state index is 11.7. The first-order chi connectivity index (χ1) is 11.7. The first-order valence-electron chi connectivity index (χ1n) is 7.74. The highest BCUT2D eigenvalue weighted by atomic mass is 32.1. The zero-order chi connectivity index (χ0) is 16.9. The Labute approximate surface area is 146 Å². The van der Waals surface area contributed by atoms with Crippen molar-refractivity contribution in [3.63, 3.8) is 0 Å². The number of benzene rings is 1. The van der Waals surface area contributed by atoms with Crippen LogP contribution in [0.1, 0.15) is 23.0 Å². The summed E-state index contributed by atoms with van der Waals surface area (Å²) in [6.07, 6.45) is 1.67. The normalized spacial score (nSPS) is 15.2. The number of nitrogens with zero attached hydrogens (tertiary/aromatic N) is 2. The fourth-order valence-corrected chi connectivity index (χ4v) is 2.74. The largest absolute Gasteiger partial charge is 0.468 e. The van der Waals surface area contributed by atoms with E-state index in [9.17, 15) is 4.79 Å². The summed E-state index contributed by atoms with van der Waals surface area (Å²) in [6.45, 7) is 4.16. The molecule has 0 atom stereocenters. The van der Waals surface area contributed by atoms with Gasteiger partial charge in [0, 0.05) is 5.69 Å². The molecule has 2 aromatic rings. The number of carbonyl (C=O) groups excluding carboxylic acids is 1. The summed E-state index contributed by atoms with van der Waals surface area (Å²) in [6, 6.07) is 11.1. The SMILES string of the molecule is CCOC(=O)c1ccc(N2CN(Cc3ccco3)CNC2=S)cc1. The van der Waals surface area contributed by atoms with E-state index in [1.54, 1.807) is 25.3 Å². The maximum absolute atomic E-state index is 11.7. The molecule has 1 fully saturated rings. The lowest BCUT2D eigenvalue weighted by molar-refractivity contribution is 0.0526. The lowest BCUT2D eigenvalue weighted by atomic mass is 10.2. The molecule has 0 amide bonds. The average molecular weight is 345 g/mol. The highest BCUT2D eigenvalue weighted by molar-refractivity contribution is 7.80. The van der Waals surface area contributed by atoms with Crippen LogP contribution >= 0.6 is 12.2 Å². The first kappa shape index (κ1) is 16.5. The quantitative estimate of drug-likeness (QED) is 0.660. The summed E-state index contributed by atoms with van der Waals surface area (Å²) >= 11 is 5.41. The van der Waals surface area contributed by atoms with Crippen molar-refractivity contribution in [2.45, 2.75) is 13.5 Å². The Balaban J connectivity index is 1.69. The molecule has 6 nitrogen and oxygen atoms in total. The summed E-state index contributed by atoms with van der Waals surface area (Å²) in [5, 5.41) is 3.86. The molecule has 1 aliphatic heterocycles. The van der Waals surface area contributed by atoms with E-state index in [0.717, 1.165) is 11.4 Å². The van der Waals surface area contributed by atoms with Crippen molar-refractivity contribution >= 4 is 29.0 Å². The van der Waals surface area contributed by atoms with E-state index in [4.69, 9.17) is 21.4 Å². The fourth-order valence-electron chi connectivity index (χ4n) is 2.51. The Morgan fingerprint density at radius 2 is 2.12 bits per heavy atom. The minimum Gasteiger partial charge on any atom is -0.468 e. The highest BCUT2D eigenvalue weighted by Crippen LogP contribution is 2.19. The summed E-state index contributed by atoms with van der Waals surface area (Å²) in [5.74, 6) is 0.588. The molecular formula is C17H19N3O3S. The monoisotopic (exact) mass is 345 g/mol. The number of carbonyl (C=O) groups is 1. The Morgan fingerprint density at radius 3 is 2.79 bits per heavy atom. The van der Waals surface area contributed by atoms with E-state index in [-0.39, 0.29) is 5.97 Å². The number of rotatable bonds is 5. The summed E-state index contributed by atoms with van der Waals surface area (Å²) in [4.78, 5) is 15.9. The van der Waals surface area contributed by atoms with E-state index in [0.29, 0.717) is 37.2 Å². The van der Waals surface area contributed by atoms with Gasteiger partial charge in [0.25, 0.3) is 0 Å². The van der Waals surface area contributed by atoms with Gasteiger partial charge in [0.05, 0.1) is 38.3 Å². The summed E-state index contributed by atoms with van der Waals surface area (Å²) in [7, 11) is 0. The van der Waals surface area contributed by atoms with Crippen LogP contribution in [0, 0.1) is 0 Å². The molecule has 0 saturated carbocycles. The number of ether oxygens (including phenoxy) is 1. The van der Waals surface area contributed by atoms with Crippen molar-refractivity contribution in [3.05, 3.63) is 54.0 Å². The van der Waals surface area contributed by atoms with Gasteiger partial charge in [-0.15, -0.1) is 0 Å². The molecule has 1 aromatic heterocycles. The summed E-state index contributed by atoms with van der Waals surface area (Å²) < 4.78 is 10.4. The van der Waals surface area contributed by atoms with Gasteiger partial charge in [-0.2, -0.15) is 0 Å². The fraction of sp³-hybridized carbons (Fsp3) is 0.294. The number of hydrogen-bond donors (Lipinski definition) is 1. The molecule has 24 heavy (non-hydrogen) atoms. The molecule has 7 heteroatoms. The molecule has 2 heterocycles. The molecule has 1 N–H and O–H groups in total. The van der Waals surface area contributed by atoms with Crippen molar-refractivity contribution in [2.24, 2.45) is 0 Å². The number of thiocarbonyl (C=S) groups is 1. The lowest BCUT2D eigenvalue weighted by Gasteiger charge is -2.37. The standard InChI is InChI=1S/C17H19N3O3S/c1-2-22-16(21)13-5-7-14(8-6-13)20-12-19(11-18-17(20)24)10-15-4-3-9-23-15/h3-9H,2,10-12H2,1H3,(H,18,24). The third kappa shape index (κ3) is 3.74. The molecule has 0 unspecified atom stereocenters. The predicted molar refractivity (Wildman–Crippen MR) is 94.6 cm³/mol. The molecule has 1 aromatic carbocycles. The first-order valence-corrected chi connectivity index (χ1v) is 8.15. The number of anilines is 1. The van der Waals surface area contributed by atoms with Crippen LogP contribution in [0.4, 0.5) is 5.69 Å². The number of hydrogen-bond acceptors (Lipinski definition) is 5. The van der Waals surface area contributed by atoms with Crippen molar-refractivity contribution in [1.29, 1.82) is 0 Å². The van der Waals surface area contributed by atoms with Crippen molar-refractivity contribution in [2.75, 3.05) is 24.8 Å². The van der Waals surface area contributed by atoms with E-state index >= 15 is 0 Å². The van der Waals surface area contributed by atoms with Gasteiger partial charge in [-0.25, -0.2) is 4.79 Å². The van der Waals surface area contributed by atoms with Gasteiger partial charge < -0.3 is 19.4 Å². The van der Waals surface area contributed by atoms with Gasteiger partial charge in [0.1, 0.15) is 5.76 Å². The molecular weight excluding hydrogens is 326 g/mol. The van der Waals surface area contributed by atoms with Crippen molar-refractivity contribution in [1.82, 2.24) is 10.2 Å². The van der Waals surface area contributed by atoms with Crippen molar-refractivity contribution < 1.29 is 13.9 Å². The molecule has 1 saturated heterocycles. The molecule has 0 bridgehead atoms. The van der Waals surface area contributed by atoms with Gasteiger partial charge >= 0.3 is 5.97 Å². The molecule has 3 rings (SSSR count). The van der Waals surface area contributed by atoms with E-state index in [2.05, 4.69) is 10.2 Å². The minimum atomic E-state index is -0.317. The highest BCUT2D eigenvalue weighted by Gasteiger charge is 2.22. The third-order valence-corrected chi connectivity index (χ3v) is 4.05. The third-order valence-electron chi connectivity index (χ3n) is 3.69. The second-order valence-electron chi connectivity index (χ2n) is 5.39. The number of furan rings is 1. The Morgan fingerprint density at radius 1 is 1.33 bits per heavy atom. The second kappa shape index (κ2) is 7.46. The topological polar surface area (TPSA) is 58.0 Å².